The molecular weight excluding hydrogens is 270 g/mol. The number of nitrogens with one attached hydrogen (secondary N) is 1. The summed E-state index contributed by atoms with van der Waals surface area (Å²) in [6.07, 6.45) is 3.24. The third kappa shape index (κ3) is 1.81. The zero-order valence-corrected chi connectivity index (χ0v) is 11.4. The second-order valence-corrected chi connectivity index (χ2v) is 5.94. The quantitative estimate of drug-likeness (QED) is 0.776. The van der Waals surface area contributed by atoms with Crippen LogP contribution in [0.5, 0.6) is 0 Å². The topological polar surface area (TPSA) is 92.7 Å². The van der Waals surface area contributed by atoms with Gasteiger partial charge in [0.1, 0.15) is 11.3 Å². The molecule has 7 nitrogen and oxygen atoms in total. The SMILES string of the molecule is NC(=O)c1cn2cc(C(=O)N3CC4(CNC4)C3)ccc2n1. The smallest absolute Gasteiger partial charge is 0.268 e. The van der Waals surface area contributed by atoms with Crippen LogP contribution >= 0.6 is 0 Å². The lowest BCUT2D eigenvalue weighted by Gasteiger charge is -2.56. The van der Waals surface area contributed by atoms with Crippen LogP contribution in [0.3, 0.4) is 0 Å². The van der Waals surface area contributed by atoms with Crippen LogP contribution in [0.15, 0.2) is 24.5 Å². The molecule has 0 aliphatic carbocycles. The van der Waals surface area contributed by atoms with Gasteiger partial charge in [0.25, 0.3) is 11.8 Å². The summed E-state index contributed by atoms with van der Waals surface area (Å²) in [5, 5.41) is 3.25. The van der Waals surface area contributed by atoms with E-state index in [0.717, 1.165) is 26.2 Å². The van der Waals surface area contributed by atoms with E-state index in [0.29, 0.717) is 16.6 Å². The fourth-order valence-corrected chi connectivity index (χ4v) is 3.03. The van der Waals surface area contributed by atoms with E-state index in [2.05, 4.69) is 10.3 Å². The maximum Gasteiger partial charge on any atom is 0.268 e. The van der Waals surface area contributed by atoms with E-state index in [1.54, 1.807) is 28.9 Å². The lowest BCUT2D eigenvalue weighted by molar-refractivity contribution is -0.0248. The average Bonchev–Trinajstić information content (AvgIpc) is 2.78. The van der Waals surface area contributed by atoms with Crippen molar-refractivity contribution in [3.8, 4) is 0 Å². The Kier molecular flexibility index (Phi) is 2.38. The highest BCUT2D eigenvalue weighted by atomic mass is 16.2. The summed E-state index contributed by atoms with van der Waals surface area (Å²) in [5.74, 6) is -0.558. The molecule has 4 rings (SSSR count). The Balaban J connectivity index is 1.58. The summed E-state index contributed by atoms with van der Waals surface area (Å²) in [6, 6.07) is 3.46. The summed E-state index contributed by atoms with van der Waals surface area (Å²) in [4.78, 5) is 29.5. The Labute approximate surface area is 120 Å². The monoisotopic (exact) mass is 285 g/mol. The molecule has 2 saturated heterocycles. The Bertz CT molecular complexity index is 754. The Hall–Kier alpha value is -2.41. The molecular formula is C14H15N5O2. The van der Waals surface area contributed by atoms with Crippen LogP contribution in [0.4, 0.5) is 0 Å². The van der Waals surface area contributed by atoms with Crippen LogP contribution < -0.4 is 11.1 Å². The maximum absolute atomic E-state index is 12.4. The molecule has 1 spiro atoms. The standard InChI is InChI=1S/C14H15N5O2/c15-12(20)10-4-18-3-9(1-2-11(18)17-10)13(21)19-7-14(8-19)5-16-6-14/h1-4,16H,5-8H2,(H2,15,20). The first-order valence-electron chi connectivity index (χ1n) is 6.85. The molecule has 2 amide bonds. The molecule has 2 aromatic heterocycles. The molecule has 2 aliphatic rings. The highest BCUT2D eigenvalue weighted by Crippen LogP contribution is 2.34. The maximum atomic E-state index is 12.4. The predicted molar refractivity (Wildman–Crippen MR) is 74.9 cm³/mol. The van der Waals surface area contributed by atoms with Crippen LogP contribution in [0.2, 0.25) is 0 Å². The molecule has 7 heteroatoms. The van der Waals surface area contributed by atoms with Crippen molar-refractivity contribution in [2.45, 2.75) is 0 Å². The lowest BCUT2D eigenvalue weighted by atomic mass is 9.74. The van der Waals surface area contributed by atoms with Gasteiger partial charge in [-0.05, 0) is 12.1 Å². The van der Waals surface area contributed by atoms with E-state index in [4.69, 9.17) is 5.73 Å². The van der Waals surface area contributed by atoms with Crippen LogP contribution in [0.25, 0.3) is 5.65 Å². The number of nitrogens with two attached hydrogens (primary N) is 1. The summed E-state index contributed by atoms with van der Waals surface area (Å²) < 4.78 is 1.66. The van der Waals surface area contributed by atoms with Gasteiger partial charge in [-0.2, -0.15) is 0 Å². The normalized spacial score (nSPS) is 19.3. The summed E-state index contributed by atoms with van der Waals surface area (Å²) >= 11 is 0. The third-order valence-electron chi connectivity index (χ3n) is 4.29. The molecule has 0 radical (unpaired) electrons. The highest BCUT2D eigenvalue weighted by molar-refractivity contribution is 5.95. The van der Waals surface area contributed by atoms with E-state index in [1.165, 1.54) is 0 Å². The van der Waals surface area contributed by atoms with E-state index < -0.39 is 5.91 Å². The number of primary amides is 1. The first kappa shape index (κ1) is 12.3. The number of fused-ring (bicyclic) bond motifs is 1. The Morgan fingerprint density at radius 2 is 2.00 bits per heavy atom. The molecule has 0 unspecified atom stereocenters. The van der Waals surface area contributed by atoms with Crippen molar-refractivity contribution < 1.29 is 9.59 Å². The van der Waals surface area contributed by atoms with Crippen LogP contribution in [0, 0.1) is 5.41 Å². The number of carbonyl (C=O) groups is 2. The fourth-order valence-electron chi connectivity index (χ4n) is 3.03. The first-order valence-corrected chi connectivity index (χ1v) is 6.85. The number of amides is 2. The van der Waals surface area contributed by atoms with E-state index in [1.807, 2.05) is 4.90 Å². The molecule has 2 fully saturated rings. The van der Waals surface area contributed by atoms with Gasteiger partial charge in [-0.3, -0.25) is 9.59 Å². The van der Waals surface area contributed by atoms with Crippen molar-refractivity contribution in [2.75, 3.05) is 26.2 Å². The molecule has 3 N–H and O–H groups in total. The molecule has 2 aromatic rings. The number of pyridine rings is 1. The van der Waals surface area contributed by atoms with Crippen molar-refractivity contribution in [1.29, 1.82) is 0 Å². The molecule has 2 aliphatic heterocycles. The van der Waals surface area contributed by atoms with Crippen LogP contribution in [-0.4, -0.2) is 52.3 Å². The number of likely N-dealkylation sites (tertiary alicyclic amines) is 1. The van der Waals surface area contributed by atoms with E-state index in [9.17, 15) is 9.59 Å². The number of rotatable bonds is 2. The van der Waals surface area contributed by atoms with Gasteiger partial charge >= 0.3 is 0 Å². The molecule has 21 heavy (non-hydrogen) atoms. The van der Waals surface area contributed by atoms with Gasteiger partial charge in [-0.25, -0.2) is 4.98 Å². The minimum absolute atomic E-state index is 0.0174. The van der Waals surface area contributed by atoms with E-state index >= 15 is 0 Å². The lowest BCUT2D eigenvalue weighted by Crippen LogP contribution is -2.71. The van der Waals surface area contributed by atoms with Gasteiger partial charge in [0.15, 0.2) is 0 Å². The number of hydrogen-bond acceptors (Lipinski definition) is 4. The fraction of sp³-hybridized carbons (Fsp3) is 0.357. The van der Waals surface area contributed by atoms with Gasteiger partial charge in [0.2, 0.25) is 0 Å². The van der Waals surface area contributed by atoms with Crippen LogP contribution in [0.1, 0.15) is 20.8 Å². The first-order chi connectivity index (χ1) is 10.1. The summed E-state index contributed by atoms with van der Waals surface area (Å²) in [5.41, 5.74) is 6.92. The number of hydrogen-bond donors (Lipinski definition) is 2. The van der Waals surface area contributed by atoms with Gasteiger partial charge < -0.3 is 20.4 Å². The van der Waals surface area contributed by atoms with Gasteiger partial charge in [-0.1, -0.05) is 0 Å². The van der Waals surface area contributed by atoms with Crippen molar-refractivity contribution >= 4 is 17.5 Å². The second-order valence-electron chi connectivity index (χ2n) is 5.94. The Morgan fingerprint density at radius 1 is 1.24 bits per heavy atom. The largest absolute Gasteiger partial charge is 0.364 e. The van der Waals surface area contributed by atoms with Gasteiger partial charge in [-0.15, -0.1) is 0 Å². The van der Waals surface area contributed by atoms with Crippen LogP contribution in [-0.2, 0) is 0 Å². The van der Waals surface area contributed by atoms with Crippen molar-refractivity contribution in [1.82, 2.24) is 19.6 Å². The average molecular weight is 285 g/mol. The van der Waals surface area contributed by atoms with Gasteiger partial charge in [0.05, 0.1) is 5.56 Å². The molecule has 0 saturated carbocycles. The molecule has 0 aromatic carbocycles. The molecule has 0 bridgehead atoms. The third-order valence-corrected chi connectivity index (χ3v) is 4.29. The molecule has 0 atom stereocenters. The second kappa shape index (κ2) is 4.05. The number of carbonyl (C=O) groups excluding carboxylic acids is 2. The van der Waals surface area contributed by atoms with E-state index in [-0.39, 0.29) is 11.6 Å². The zero-order valence-electron chi connectivity index (χ0n) is 11.4. The molecule has 4 heterocycles. The summed E-state index contributed by atoms with van der Waals surface area (Å²) in [6.45, 7) is 3.62. The zero-order chi connectivity index (χ0) is 14.6. The molecule has 108 valence electrons. The number of nitrogens with zero attached hydrogens (tertiary/aromatic N) is 3. The number of imidazole rings is 1. The minimum Gasteiger partial charge on any atom is -0.364 e. The van der Waals surface area contributed by atoms with Gasteiger partial charge in [0, 0.05) is 44.0 Å². The predicted octanol–water partition coefficient (Wildman–Crippen LogP) is -0.521. The Morgan fingerprint density at radius 3 is 2.62 bits per heavy atom. The van der Waals surface area contributed by atoms with Crippen molar-refractivity contribution in [3.63, 3.8) is 0 Å². The number of aromatic nitrogens is 2. The summed E-state index contributed by atoms with van der Waals surface area (Å²) in [7, 11) is 0. The van der Waals surface area contributed by atoms with Crippen molar-refractivity contribution in [3.05, 3.63) is 35.8 Å². The minimum atomic E-state index is -0.575. The highest BCUT2D eigenvalue weighted by Gasteiger charge is 2.49. The van der Waals surface area contributed by atoms with Crippen molar-refractivity contribution in [2.24, 2.45) is 11.1 Å².